The Bertz CT molecular complexity index is 1100. The number of hydrogen-bond donors (Lipinski definition) is 1. The number of fused-ring (bicyclic) bond motifs is 1. The molecule has 178 valence electrons. The summed E-state index contributed by atoms with van der Waals surface area (Å²) in [4.78, 5) is 47.1. The Morgan fingerprint density at radius 2 is 1.44 bits per heavy atom. The number of amides is 2. The van der Waals surface area contributed by atoms with Crippen LogP contribution in [0, 0.1) is 0 Å². The van der Waals surface area contributed by atoms with E-state index in [-0.39, 0.29) is 17.5 Å². The Morgan fingerprint density at radius 1 is 0.941 bits per heavy atom. The molecule has 0 aliphatic carbocycles. The van der Waals surface area contributed by atoms with E-state index in [0.717, 1.165) is 10.5 Å². The molecule has 1 saturated heterocycles. The number of nitrogens with zero attached hydrogens (tertiary/aromatic N) is 3. The van der Waals surface area contributed by atoms with Crippen LogP contribution in [-0.2, 0) is 16.1 Å². The molecule has 34 heavy (non-hydrogen) atoms. The third-order valence-corrected chi connectivity index (χ3v) is 6.38. The van der Waals surface area contributed by atoms with E-state index in [1.807, 2.05) is 58.0 Å². The van der Waals surface area contributed by atoms with Gasteiger partial charge in [0.15, 0.2) is 0 Å². The van der Waals surface area contributed by atoms with Gasteiger partial charge in [-0.3, -0.25) is 14.5 Å². The molecule has 2 aromatic rings. The summed E-state index contributed by atoms with van der Waals surface area (Å²) in [6, 6.07) is 14.6. The number of oxime groups is 1. The monoisotopic (exact) mass is 463 g/mol. The molecule has 2 amide bonds. The molecule has 2 heterocycles. The molecule has 1 fully saturated rings. The van der Waals surface area contributed by atoms with Crippen LogP contribution in [0.4, 0.5) is 0 Å². The number of hydroxylamine groups is 2. The molecule has 8 nitrogen and oxygen atoms in total. The molecule has 0 spiro atoms. The Labute approximate surface area is 198 Å². The van der Waals surface area contributed by atoms with E-state index in [9.17, 15) is 19.6 Å². The van der Waals surface area contributed by atoms with Crippen LogP contribution in [0.5, 0.6) is 0 Å². The van der Waals surface area contributed by atoms with Crippen LogP contribution in [0.2, 0.25) is 0 Å². The molecule has 1 unspecified atom stereocenters. The van der Waals surface area contributed by atoms with E-state index in [0.29, 0.717) is 18.6 Å². The second kappa shape index (κ2) is 8.68. The van der Waals surface area contributed by atoms with Crippen molar-refractivity contribution in [2.45, 2.75) is 64.1 Å². The van der Waals surface area contributed by atoms with Crippen molar-refractivity contribution in [1.82, 2.24) is 9.96 Å². The van der Waals surface area contributed by atoms with Gasteiger partial charge in [0.05, 0.1) is 27.9 Å². The van der Waals surface area contributed by atoms with E-state index in [1.165, 1.54) is 0 Å². The maximum atomic E-state index is 13.7. The average molecular weight is 464 g/mol. The summed E-state index contributed by atoms with van der Waals surface area (Å²) >= 11 is 0. The first kappa shape index (κ1) is 23.6. The lowest BCUT2D eigenvalue weighted by Gasteiger charge is -2.50. The van der Waals surface area contributed by atoms with Gasteiger partial charge in [-0.05, 0) is 45.4 Å². The van der Waals surface area contributed by atoms with E-state index in [4.69, 9.17) is 4.84 Å². The molecule has 1 atom stereocenters. The fourth-order valence-corrected chi connectivity index (χ4v) is 5.10. The SMILES string of the molecule is CC1(C)CC(=NO)CC(C)(C)N1OC(=O)C(Cc1ccccc1)N1C(=O)c2ccccc2C1=O. The third kappa shape index (κ3) is 4.21. The lowest BCUT2D eigenvalue weighted by molar-refractivity contribution is -0.258. The highest BCUT2D eigenvalue weighted by molar-refractivity contribution is 6.22. The van der Waals surface area contributed by atoms with E-state index < -0.39 is 34.9 Å². The van der Waals surface area contributed by atoms with Crippen LogP contribution >= 0.6 is 0 Å². The molecule has 0 saturated carbocycles. The maximum absolute atomic E-state index is 13.7. The zero-order valence-corrected chi connectivity index (χ0v) is 19.8. The molecule has 0 aromatic heterocycles. The van der Waals surface area contributed by atoms with Crippen LogP contribution in [0.15, 0.2) is 59.8 Å². The molecule has 2 aliphatic heterocycles. The number of carbonyl (C=O) groups is 3. The van der Waals surface area contributed by atoms with Crippen LogP contribution in [0.3, 0.4) is 0 Å². The minimum absolute atomic E-state index is 0.128. The summed E-state index contributed by atoms with van der Waals surface area (Å²) in [7, 11) is 0. The lowest BCUT2D eigenvalue weighted by atomic mass is 9.81. The highest BCUT2D eigenvalue weighted by Crippen LogP contribution is 2.38. The topological polar surface area (TPSA) is 99.5 Å². The number of benzene rings is 2. The van der Waals surface area contributed by atoms with Crippen molar-refractivity contribution in [3.05, 3.63) is 71.3 Å². The minimum Gasteiger partial charge on any atom is -0.411 e. The van der Waals surface area contributed by atoms with Crippen LogP contribution in [0.1, 0.15) is 66.8 Å². The molecule has 2 aromatic carbocycles. The average Bonchev–Trinajstić information content (AvgIpc) is 3.05. The van der Waals surface area contributed by atoms with E-state index >= 15 is 0 Å². The predicted octanol–water partition coefficient (Wildman–Crippen LogP) is 3.84. The van der Waals surface area contributed by atoms with Gasteiger partial charge < -0.3 is 10.0 Å². The first-order valence-electron chi connectivity index (χ1n) is 11.3. The van der Waals surface area contributed by atoms with Gasteiger partial charge in [0.1, 0.15) is 6.04 Å². The van der Waals surface area contributed by atoms with Gasteiger partial charge in [0, 0.05) is 19.3 Å². The van der Waals surface area contributed by atoms with Gasteiger partial charge in [-0.2, -0.15) is 0 Å². The Kier molecular flexibility index (Phi) is 6.03. The molecular weight excluding hydrogens is 434 g/mol. The van der Waals surface area contributed by atoms with Crippen molar-refractivity contribution in [3.8, 4) is 0 Å². The standard InChI is InChI=1S/C26H29N3O5/c1-25(2)15-18(27-33)16-26(3,4)29(25)34-24(32)21(14-17-10-6-5-7-11-17)28-22(30)19-12-8-9-13-20(19)23(28)31/h5-13,21,33H,14-16H2,1-4H3. The Hall–Kier alpha value is -3.52. The van der Waals surface area contributed by atoms with Gasteiger partial charge in [0.2, 0.25) is 0 Å². The quantitative estimate of drug-likeness (QED) is 0.411. The number of piperidine rings is 1. The molecule has 8 heteroatoms. The Morgan fingerprint density at radius 3 is 1.94 bits per heavy atom. The van der Waals surface area contributed by atoms with Gasteiger partial charge in [-0.25, -0.2) is 4.79 Å². The number of rotatable bonds is 5. The fraction of sp³-hybridized carbons (Fsp3) is 0.385. The van der Waals surface area contributed by atoms with E-state index in [2.05, 4.69) is 5.16 Å². The van der Waals surface area contributed by atoms with Crippen LogP contribution in [-0.4, -0.2) is 55.8 Å². The zero-order chi connectivity index (χ0) is 24.7. The highest BCUT2D eigenvalue weighted by Gasteiger charge is 2.50. The molecular formula is C26H29N3O5. The maximum Gasteiger partial charge on any atom is 0.348 e. The summed E-state index contributed by atoms with van der Waals surface area (Å²) in [6.45, 7) is 7.56. The van der Waals surface area contributed by atoms with E-state index in [1.54, 1.807) is 29.3 Å². The van der Waals surface area contributed by atoms with Gasteiger partial charge in [0.25, 0.3) is 11.8 Å². The Balaban J connectivity index is 1.68. The summed E-state index contributed by atoms with van der Waals surface area (Å²) in [6.07, 6.45) is 0.927. The number of carbonyl (C=O) groups excluding carboxylic acids is 3. The third-order valence-electron chi connectivity index (χ3n) is 6.38. The predicted molar refractivity (Wildman–Crippen MR) is 125 cm³/mol. The molecule has 0 radical (unpaired) electrons. The summed E-state index contributed by atoms with van der Waals surface area (Å²) in [5.74, 6) is -1.71. The largest absolute Gasteiger partial charge is 0.411 e. The van der Waals surface area contributed by atoms with Gasteiger partial charge >= 0.3 is 5.97 Å². The molecule has 2 aliphatic rings. The minimum atomic E-state index is -1.14. The second-order valence-electron chi connectivity index (χ2n) is 10.1. The van der Waals surface area contributed by atoms with Crippen molar-refractivity contribution >= 4 is 23.5 Å². The molecule has 4 rings (SSSR count). The number of imide groups is 1. The molecule has 0 bridgehead atoms. The summed E-state index contributed by atoms with van der Waals surface area (Å²) < 4.78 is 0. The van der Waals surface area contributed by atoms with Crippen molar-refractivity contribution in [2.75, 3.05) is 0 Å². The number of hydrogen-bond acceptors (Lipinski definition) is 7. The first-order chi connectivity index (χ1) is 16.0. The second-order valence-corrected chi connectivity index (χ2v) is 10.1. The molecule has 1 N–H and O–H groups in total. The van der Waals surface area contributed by atoms with Gasteiger partial charge in [-0.1, -0.05) is 47.6 Å². The first-order valence-corrected chi connectivity index (χ1v) is 11.3. The fourth-order valence-electron chi connectivity index (χ4n) is 5.10. The van der Waals surface area contributed by atoms with Crippen molar-refractivity contribution in [3.63, 3.8) is 0 Å². The van der Waals surface area contributed by atoms with Crippen LogP contribution in [0.25, 0.3) is 0 Å². The zero-order valence-electron chi connectivity index (χ0n) is 19.8. The summed E-state index contributed by atoms with van der Waals surface area (Å²) in [5, 5.41) is 14.3. The van der Waals surface area contributed by atoms with Crippen molar-refractivity contribution in [2.24, 2.45) is 5.16 Å². The lowest BCUT2D eigenvalue weighted by Crippen LogP contribution is -2.62. The summed E-state index contributed by atoms with van der Waals surface area (Å²) in [5.41, 5.74) is 0.634. The van der Waals surface area contributed by atoms with Crippen molar-refractivity contribution in [1.29, 1.82) is 0 Å². The van der Waals surface area contributed by atoms with Crippen molar-refractivity contribution < 1.29 is 24.4 Å². The van der Waals surface area contributed by atoms with Crippen LogP contribution < -0.4 is 0 Å². The normalized spacial score (nSPS) is 20.1. The van der Waals surface area contributed by atoms with Gasteiger partial charge in [-0.15, -0.1) is 5.06 Å². The highest BCUT2D eigenvalue weighted by atomic mass is 16.7. The smallest absolute Gasteiger partial charge is 0.348 e.